The van der Waals surface area contributed by atoms with Gasteiger partial charge in [0.1, 0.15) is 0 Å². The predicted octanol–water partition coefficient (Wildman–Crippen LogP) is 3.68. The number of aliphatic hydroxyl groups excluding tert-OH is 1. The number of methoxy groups -OCH3 is 1. The summed E-state index contributed by atoms with van der Waals surface area (Å²) in [4.78, 5) is 24.3. The number of benzene rings is 2. The largest absolute Gasteiger partial charge is 0.467 e. The molecule has 0 saturated heterocycles. The van der Waals surface area contributed by atoms with Crippen LogP contribution in [0.25, 0.3) is 10.9 Å². The normalized spacial score (nSPS) is 16.3. The first-order valence-electron chi connectivity index (χ1n) is 11.1. The molecule has 8 heteroatoms. The third-order valence-electron chi connectivity index (χ3n) is 6.07. The topological polar surface area (TPSA) is 105 Å². The second-order valence-electron chi connectivity index (χ2n) is 9.48. The van der Waals surface area contributed by atoms with E-state index in [1.165, 1.54) is 28.5 Å². The first kappa shape index (κ1) is 22.8. The monoisotopic (exact) mass is 450 g/mol. The van der Waals surface area contributed by atoms with Crippen LogP contribution in [-0.4, -0.2) is 40.1 Å². The highest BCUT2D eigenvalue weighted by molar-refractivity contribution is 6.00. The fraction of sp³-hybridized carbons (Fsp3) is 0.400. The van der Waals surface area contributed by atoms with Crippen LogP contribution in [0.3, 0.4) is 0 Å². The summed E-state index contributed by atoms with van der Waals surface area (Å²) < 4.78 is 6.02. The van der Waals surface area contributed by atoms with E-state index in [4.69, 9.17) is 0 Å². The number of ether oxygens (including phenoxy) is 1. The van der Waals surface area contributed by atoms with Crippen LogP contribution in [0, 0.1) is 0 Å². The number of fused-ring (bicyclic) bond motifs is 2. The molecule has 2 aromatic carbocycles. The highest BCUT2D eigenvalue weighted by Gasteiger charge is 2.26. The molecule has 0 spiro atoms. The molecule has 8 nitrogen and oxygen atoms in total. The van der Waals surface area contributed by atoms with E-state index in [0.717, 1.165) is 12.8 Å². The Bertz CT molecular complexity index is 1190. The zero-order valence-corrected chi connectivity index (χ0v) is 19.4. The van der Waals surface area contributed by atoms with Gasteiger partial charge in [0.25, 0.3) is 0 Å². The molecule has 1 heterocycles. The lowest BCUT2D eigenvalue weighted by molar-refractivity contribution is -0.151. The lowest BCUT2D eigenvalue weighted by Crippen LogP contribution is -2.31. The molecule has 2 atom stereocenters. The highest BCUT2D eigenvalue weighted by Crippen LogP contribution is 2.34. The van der Waals surface area contributed by atoms with Gasteiger partial charge >= 0.3 is 12.0 Å². The van der Waals surface area contributed by atoms with E-state index in [2.05, 4.69) is 59.4 Å². The maximum Gasteiger partial charge on any atom is 0.336 e. The van der Waals surface area contributed by atoms with Gasteiger partial charge in [-0.3, -0.25) is 4.68 Å². The molecule has 1 aromatic heterocycles. The Balaban J connectivity index is 1.46. The molecule has 174 valence electrons. The average molecular weight is 451 g/mol. The molecule has 4 rings (SSSR count). The molecule has 33 heavy (non-hydrogen) atoms. The van der Waals surface area contributed by atoms with E-state index >= 15 is 0 Å². The Morgan fingerprint density at radius 1 is 1.27 bits per heavy atom. The number of aromatic nitrogens is 2. The molecule has 2 amide bonds. The van der Waals surface area contributed by atoms with E-state index in [-0.39, 0.29) is 24.0 Å². The van der Waals surface area contributed by atoms with Crippen LogP contribution >= 0.6 is 0 Å². The number of nitrogens with zero attached hydrogens (tertiary/aromatic N) is 2. The Kier molecular flexibility index (Phi) is 6.12. The van der Waals surface area contributed by atoms with E-state index < -0.39 is 12.1 Å². The SMILES string of the molecule is COC(=O)C(O)Cn1cc2c(NC(=O)N[C@@H]3CCc4cc(C(C)(C)C)ccc43)cccc2n1. The van der Waals surface area contributed by atoms with Gasteiger partial charge < -0.3 is 20.5 Å². The van der Waals surface area contributed by atoms with Crippen LogP contribution in [0.15, 0.2) is 42.6 Å². The molecule has 0 radical (unpaired) electrons. The van der Waals surface area contributed by atoms with Gasteiger partial charge in [-0.05, 0) is 47.1 Å². The zero-order chi connectivity index (χ0) is 23.8. The van der Waals surface area contributed by atoms with Crippen LogP contribution in [0.2, 0.25) is 0 Å². The van der Waals surface area contributed by atoms with Gasteiger partial charge in [0.05, 0.1) is 30.9 Å². The number of urea groups is 1. The Labute approximate surface area is 192 Å². The number of hydrogen-bond donors (Lipinski definition) is 3. The third-order valence-corrected chi connectivity index (χ3v) is 6.07. The van der Waals surface area contributed by atoms with Crippen LogP contribution < -0.4 is 10.6 Å². The summed E-state index contributed by atoms with van der Waals surface area (Å²) in [7, 11) is 1.22. The first-order valence-corrected chi connectivity index (χ1v) is 11.1. The van der Waals surface area contributed by atoms with Gasteiger partial charge in [-0.25, -0.2) is 9.59 Å². The summed E-state index contributed by atoms with van der Waals surface area (Å²) in [6.45, 7) is 6.56. The third kappa shape index (κ3) is 4.85. The standard InChI is InChI=1S/C25H30N4O4/c1-25(2,3)16-9-10-17-15(12-16)8-11-20(17)27-24(32)26-19-6-5-7-21-18(19)13-29(28-21)14-22(30)23(31)33-4/h5-7,9-10,12-13,20,22,30H,8,11,14H2,1-4H3,(H2,26,27,32)/t20-,22?/m1/s1. The van der Waals surface area contributed by atoms with E-state index in [1.807, 2.05) is 0 Å². The second kappa shape index (κ2) is 8.86. The zero-order valence-electron chi connectivity index (χ0n) is 19.4. The van der Waals surface area contributed by atoms with Crippen LogP contribution in [0.1, 0.15) is 49.9 Å². The quantitative estimate of drug-likeness (QED) is 0.514. The van der Waals surface area contributed by atoms with Gasteiger partial charge in [-0.2, -0.15) is 5.10 Å². The minimum absolute atomic E-state index is 0.0360. The van der Waals surface area contributed by atoms with E-state index in [9.17, 15) is 14.7 Å². The van der Waals surface area contributed by atoms with Crippen molar-refractivity contribution in [1.29, 1.82) is 0 Å². The molecular weight excluding hydrogens is 420 g/mol. The first-order chi connectivity index (χ1) is 15.7. The lowest BCUT2D eigenvalue weighted by atomic mass is 9.85. The number of aryl methyl sites for hydroxylation is 1. The summed E-state index contributed by atoms with van der Waals surface area (Å²) >= 11 is 0. The van der Waals surface area contributed by atoms with Gasteiger partial charge in [0.15, 0.2) is 6.10 Å². The van der Waals surface area contributed by atoms with Crippen molar-refractivity contribution in [2.45, 2.75) is 57.7 Å². The fourth-order valence-electron chi connectivity index (χ4n) is 4.23. The molecule has 3 N–H and O–H groups in total. The molecule has 3 aromatic rings. The number of carbonyl (C=O) groups excluding carboxylic acids is 2. The van der Waals surface area contributed by atoms with Gasteiger partial charge in [-0.1, -0.05) is 45.0 Å². The molecule has 0 bridgehead atoms. The van der Waals surface area contributed by atoms with E-state index in [0.29, 0.717) is 16.6 Å². The molecule has 0 saturated carbocycles. The van der Waals surface area contributed by atoms with Crippen molar-refractivity contribution in [3.05, 3.63) is 59.3 Å². The van der Waals surface area contributed by atoms with Gasteiger partial charge in [-0.15, -0.1) is 0 Å². The predicted molar refractivity (Wildman–Crippen MR) is 126 cm³/mol. The molecule has 1 aliphatic rings. The number of rotatable bonds is 5. The summed E-state index contributed by atoms with van der Waals surface area (Å²) in [5.41, 5.74) is 5.10. The van der Waals surface area contributed by atoms with Crippen LogP contribution in [0.5, 0.6) is 0 Å². The van der Waals surface area contributed by atoms with Crippen molar-refractivity contribution >= 4 is 28.6 Å². The van der Waals surface area contributed by atoms with Crippen LogP contribution in [-0.2, 0) is 27.9 Å². The number of hydrogen-bond acceptors (Lipinski definition) is 5. The Morgan fingerprint density at radius 2 is 2.06 bits per heavy atom. The smallest absolute Gasteiger partial charge is 0.336 e. The van der Waals surface area contributed by atoms with Crippen LogP contribution in [0.4, 0.5) is 10.5 Å². The fourth-order valence-corrected chi connectivity index (χ4v) is 4.23. The Morgan fingerprint density at radius 3 is 2.79 bits per heavy atom. The number of esters is 1. The molecule has 0 aliphatic heterocycles. The lowest BCUT2D eigenvalue weighted by Gasteiger charge is -2.21. The highest BCUT2D eigenvalue weighted by atomic mass is 16.5. The average Bonchev–Trinajstić information content (AvgIpc) is 3.36. The molecule has 1 aliphatic carbocycles. The van der Waals surface area contributed by atoms with Crippen molar-refractivity contribution in [2.75, 3.05) is 12.4 Å². The summed E-state index contributed by atoms with van der Waals surface area (Å²) in [5.74, 6) is -0.723. The Hall–Kier alpha value is -3.39. The molecule has 0 fully saturated rings. The van der Waals surface area contributed by atoms with Crippen molar-refractivity contribution in [3.8, 4) is 0 Å². The number of amides is 2. The number of anilines is 1. The van der Waals surface area contributed by atoms with E-state index in [1.54, 1.807) is 24.4 Å². The van der Waals surface area contributed by atoms with Crippen molar-refractivity contribution in [2.24, 2.45) is 0 Å². The summed E-state index contributed by atoms with van der Waals surface area (Å²) in [5, 5.41) is 21.0. The summed E-state index contributed by atoms with van der Waals surface area (Å²) in [6, 6.07) is 11.6. The second-order valence-corrected chi connectivity index (χ2v) is 9.48. The minimum Gasteiger partial charge on any atom is -0.467 e. The summed E-state index contributed by atoms with van der Waals surface area (Å²) in [6.07, 6.45) is 2.18. The number of nitrogens with one attached hydrogen (secondary N) is 2. The number of carbonyl (C=O) groups is 2. The van der Waals surface area contributed by atoms with Crippen molar-refractivity contribution in [1.82, 2.24) is 15.1 Å². The minimum atomic E-state index is -1.31. The van der Waals surface area contributed by atoms with Crippen molar-refractivity contribution < 1.29 is 19.4 Å². The van der Waals surface area contributed by atoms with Gasteiger partial charge in [0, 0.05) is 11.6 Å². The maximum absolute atomic E-state index is 12.8. The maximum atomic E-state index is 12.8. The molecular formula is C25H30N4O4. The molecule has 1 unspecified atom stereocenters. The van der Waals surface area contributed by atoms with Crippen molar-refractivity contribution in [3.63, 3.8) is 0 Å². The van der Waals surface area contributed by atoms with Gasteiger partial charge in [0.2, 0.25) is 0 Å². The number of aliphatic hydroxyl groups is 1.